The van der Waals surface area contributed by atoms with Crippen molar-refractivity contribution in [3.8, 4) is 0 Å². The van der Waals surface area contributed by atoms with Crippen LogP contribution in [0.25, 0.3) is 0 Å². The van der Waals surface area contributed by atoms with Crippen molar-refractivity contribution in [2.45, 2.75) is 32.2 Å². The summed E-state index contributed by atoms with van der Waals surface area (Å²) < 4.78 is 1.75. The zero-order valence-electron chi connectivity index (χ0n) is 15.5. The van der Waals surface area contributed by atoms with Crippen LogP contribution in [0.4, 0.5) is 5.95 Å². The first-order valence-electron chi connectivity index (χ1n) is 8.86. The van der Waals surface area contributed by atoms with Crippen LogP contribution in [-0.2, 0) is 13.6 Å². The average molecular weight is 366 g/mol. The first-order valence-corrected chi connectivity index (χ1v) is 8.86. The smallest absolute Gasteiger partial charge is 0.273 e. The number of carbonyl (C=O) groups is 1. The fraction of sp³-hybridized carbons (Fsp3) is 0.389. The number of hydrogen-bond acceptors (Lipinski definition) is 6. The highest BCUT2D eigenvalue weighted by molar-refractivity contribution is 5.93. The van der Waals surface area contributed by atoms with E-state index < -0.39 is 0 Å². The van der Waals surface area contributed by atoms with Crippen molar-refractivity contribution >= 4 is 11.9 Å². The van der Waals surface area contributed by atoms with Gasteiger partial charge in [-0.3, -0.25) is 9.48 Å². The molecule has 0 saturated heterocycles. The van der Waals surface area contributed by atoms with E-state index in [0.717, 1.165) is 22.6 Å². The molecule has 3 N–H and O–H groups in total. The predicted octanol–water partition coefficient (Wildman–Crippen LogP) is 1.43. The lowest BCUT2D eigenvalue weighted by atomic mass is 9.93. The van der Waals surface area contributed by atoms with E-state index in [2.05, 4.69) is 25.0 Å². The maximum absolute atomic E-state index is 13.2. The molecule has 1 atom stereocenters. The fourth-order valence-corrected chi connectivity index (χ4v) is 3.41. The minimum absolute atomic E-state index is 0.0404. The van der Waals surface area contributed by atoms with Gasteiger partial charge in [-0.15, -0.1) is 0 Å². The number of nitrogens with zero attached hydrogens (tertiary/aromatic N) is 6. The van der Waals surface area contributed by atoms with E-state index >= 15 is 0 Å². The molecule has 0 fully saturated rings. The molecule has 4 heterocycles. The van der Waals surface area contributed by atoms with Crippen LogP contribution in [0.5, 0.6) is 0 Å². The molecule has 0 bridgehead atoms. The van der Waals surface area contributed by atoms with E-state index in [1.807, 2.05) is 33.3 Å². The number of amides is 1. The molecule has 0 aromatic carbocycles. The number of aromatic amines is 1. The Morgan fingerprint density at radius 3 is 2.89 bits per heavy atom. The summed E-state index contributed by atoms with van der Waals surface area (Å²) in [4.78, 5) is 30.9. The Hall–Kier alpha value is -3.23. The first kappa shape index (κ1) is 17.2. The van der Waals surface area contributed by atoms with Crippen LogP contribution in [0.2, 0.25) is 0 Å². The lowest BCUT2D eigenvalue weighted by molar-refractivity contribution is 0.0715. The summed E-state index contributed by atoms with van der Waals surface area (Å²) in [5.41, 5.74) is 9.81. The Bertz CT molecular complexity index is 989. The highest BCUT2D eigenvalue weighted by Gasteiger charge is 2.33. The van der Waals surface area contributed by atoms with Crippen molar-refractivity contribution < 1.29 is 4.79 Å². The number of anilines is 1. The number of aromatic nitrogens is 6. The monoisotopic (exact) mass is 366 g/mol. The Kier molecular flexibility index (Phi) is 4.14. The maximum atomic E-state index is 13.2. The number of hydrogen-bond donors (Lipinski definition) is 2. The molecule has 3 aromatic heterocycles. The van der Waals surface area contributed by atoms with Gasteiger partial charge in [0, 0.05) is 37.0 Å². The van der Waals surface area contributed by atoms with E-state index in [1.165, 1.54) is 0 Å². The molecule has 27 heavy (non-hydrogen) atoms. The molecule has 9 heteroatoms. The zero-order valence-corrected chi connectivity index (χ0v) is 15.5. The van der Waals surface area contributed by atoms with Crippen LogP contribution >= 0.6 is 0 Å². The standard InChI is InChI=1S/C18H22N8O/c1-10(2)13-4-14(24-18(19)23-13)17(27)26-7-12(11-5-22-25(3)6-11)16-15(8-26)20-9-21-16/h4-6,9-10,12H,7-8H2,1-3H3,(H,20,21)(H2,19,23,24). The molecule has 140 valence electrons. The van der Waals surface area contributed by atoms with Crippen molar-refractivity contribution in [1.29, 1.82) is 0 Å². The summed E-state index contributed by atoms with van der Waals surface area (Å²) in [6.45, 7) is 4.97. The van der Waals surface area contributed by atoms with Crippen LogP contribution in [0.3, 0.4) is 0 Å². The number of nitrogens with two attached hydrogens (primary N) is 1. The maximum Gasteiger partial charge on any atom is 0.273 e. The van der Waals surface area contributed by atoms with Crippen molar-refractivity contribution in [3.05, 3.63) is 53.1 Å². The van der Waals surface area contributed by atoms with E-state index in [4.69, 9.17) is 5.73 Å². The van der Waals surface area contributed by atoms with Crippen LogP contribution in [0, 0.1) is 0 Å². The lowest BCUT2D eigenvalue weighted by Crippen LogP contribution is -2.39. The minimum atomic E-state index is -0.167. The van der Waals surface area contributed by atoms with Crippen molar-refractivity contribution in [1.82, 2.24) is 34.6 Å². The number of rotatable bonds is 3. The quantitative estimate of drug-likeness (QED) is 0.724. The summed E-state index contributed by atoms with van der Waals surface area (Å²) in [6.07, 6.45) is 5.44. The Morgan fingerprint density at radius 2 is 2.19 bits per heavy atom. The highest BCUT2D eigenvalue weighted by atomic mass is 16.2. The predicted molar refractivity (Wildman–Crippen MR) is 98.9 cm³/mol. The molecule has 9 nitrogen and oxygen atoms in total. The second kappa shape index (κ2) is 6.49. The summed E-state index contributed by atoms with van der Waals surface area (Å²) in [5.74, 6) is 0.0692. The largest absolute Gasteiger partial charge is 0.368 e. The van der Waals surface area contributed by atoms with E-state index in [-0.39, 0.29) is 23.7 Å². The Morgan fingerprint density at radius 1 is 1.37 bits per heavy atom. The van der Waals surface area contributed by atoms with Gasteiger partial charge < -0.3 is 15.6 Å². The topological polar surface area (TPSA) is 119 Å². The molecular weight excluding hydrogens is 344 g/mol. The van der Waals surface area contributed by atoms with Crippen molar-refractivity contribution in [3.63, 3.8) is 0 Å². The zero-order chi connectivity index (χ0) is 19.1. The summed E-state index contributed by atoms with van der Waals surface area (Å²) >= 11 is 0. The van der Waals surface area contributed by atoms with Crippen molar-refractivity contribution in [2.75, 3.05) is 12.3 Å². The van der Waals surface area contributed by atoms with E-state index in [9.17, 15) is 4.79 Å². The summed E-state index contributed by atoms with van der Waals surface area (Å²) in [5, 5.41) is 4.26. The van der Waals surface area contributed by atoms with Gasteiger partial charge in [0.2, 0.25) is 5.95 Å². The van der Waals surface area contributed by atoms with Gasteiger partial charge in [-0.05, 0) is 12.0 Å². The molecule has 4 rings (SSSR count). The summed E-state index contributed by atoms with van der Waals surface area (Å²) in [7, 11) is 1.87. The number of nitrogen functional groups attached to an aromatic ring is 1. The van der Waals surface area contributed by atoms with Gasteiger partial charge in [0.1, 0.15) is 5.69 Å². The molecule has 1 unspecified atom stereocenters. The van der Waals surface area contributed by atoms with Crippen LogP contribution < -0.4 is 5.73 Å². The second-order valence-corrected chi connectivity index (χ2v) is 7.14. The fourth-order valence-electron chi connectivity index (χ4n) is 3.41. The number of aryl methyl sites for hydroxylation is 1. The molecule has 0 aliphatic carbocycles. The van der Waals surface area contributed by atoms with Crippen LogP contribution in [0.15, 0.2) is 24.8 Å². The van der Waals surface area contributed by atoms with Crippen molar-refractivity contribution in [2.24, 2.45) is 7.05 Å². The highest BCUT2D eigenvalue weighted by Crippen LogP contribution is 2.32. The molecule has 1 aliphatic rings. The van der Waals surface area contributed by atoms with Gasteiger partial charge in [-0.2, -0.15) is 5.10 Å². The number of carbonyl (C=O) groups excluding carboxylic acids is 1. The molecule has 0 spiro atoms. The van der Waals surface area contributed by atoms with Crippen LogP contribution in [0.1, 0.15) is 58.8 Å². The first-order chi connectivity index (χ1) is 12.9. The molecule has 0 saturated carbocycles. The van der Waals surface area contributed by atoms with E-state index in [1.54, 1.807) is 22.0 Å². The molecular formula is C18H22N8O. The number of fused-ring (bicyclic) bond motifs is 1. The Labute approximate surface area is 156 Å². The number of H-pyrrole nitrogens is 1. The Balaban J connectivity index is 1.68. The lowest BCUT2D eigenvalue weighted by Gasteiger charge is -2.31. The average Bonchev–Trinajstić information content (AvgIpc) is 3.28. The molecule has 3 aromatic rings. The molecule has 1 amide bonds. The van der Waals surface area contributed by atoms with E-state index in [0.29, 0.717) is 18.8 Å². The van der Waals surface area contributed by atoms with Gasteiger partial charge in [0.15, 0.2) is 0 Å². The summed E-state index contributed by atoms with van der Waals surface area (Å²) in [6, 6.07) is 1.73. The van der Waals surface area contributed by atoms with Gasteiger partial charge in [0.25, 0.3) is 5.91 Å². The number of imidazole rings is 1. The second-order valence-electron chi connectivity index (χ2n) is 7.14. The van der Waals surface area contributed by atoms with Gasteiger partial charge in [-0.25, -0.2) is 15.0 Å². The third kappa shape index (κ3) is 3.16. The number of nitrogens with one attached hydrogen (secondary N) is 1. The van der Waals surface area contributed by atoms with Gasteiger partial charge in [0.05, 0.1) is 30.5 Å². The third-order valence-electron chi connectivity index (χ3n) is 4.82. The minimum Gasteiger partial charge on any atom is -0.368 e. The van der Waals surface area contributed by atoms with Crippen LogP contribution in [-0.4, -0.2) is 47.1 Å². The SMILES string of the molecule is CC(C)c1cc(C(=O)N2Cc3[nH]cnc3C(c3cnn(C)c3)C2)nc(N)n1. The molecule has 0 radical (unpaired) electrons. The molecule has 1 aliphatic heterocycles. The van der Waals surface area contributed by atoms with Gasteiger partial charge >= 0.3 is 0 Å². The third-order valence-corrected chi connectivity index (χ3v) is 4.82. The normalized spacial score (nSPS) is 16.6. The van der Waals surface area contributed by atoms with Gasteiger partial charge in [-0.1, -0.05) is 13.8 Å².